The Labute approximate surface area is 337 Å². The smallest absolute Gasteiger partial charge is 0.143 e. The fourth-order valence-electron chi connectivity index (χ4n) is 10.2. The summed E-state index contributed by atoms with van der Waals surface area (Å²) in [6.45, 7) is 4.74. The van der Waals surface area contributed by atoms with E-state index in [-0.39, 0.29) is 5.41 Å². The van der Waals surface area contributed by atoms with E-state index in [1.54, 1.807) is 0 Å². The molecule has 0 unspecified atom stereocenters. The van der Waals surface area contributed by atoms with Gasteiger partial charge in [0.25, 0.3) is 0 Å². The van der Waals surface area contributed by atoms with Crippen LogP contribution < -0.4 is 0 Å². The molecule has 1 heteroatoms. The van der Waals surface area contributed by atoms with E-state index < -0.39 is 0 Å². The minimum atomic E-state index is -0.0819. The molecule has 1 aromatic heterocycles. The van der Waals surface area contributed by atoms with Gasteiger partial charge in [0.05, 0.1) is 0 Å². The molecule has 0 saturated heterocycles. The molecule has 0 aliphatic heterocycles. The predicted octanol–water partition coefficient (Wildman–Crippen LogP) is 16.0. The molecule has 0 N–H and O–H groups in total. The average molecular weight is 739 g/mol. The predicted molar refractivity (Wildman–Crippen MR) is 246 cm³/mol. The summed E-state index contributed by atoms with van der Waals surface area (Å²) in [6.07, 6.45) is 0. The minimum Gasteiger partial charge on any atom is -0.455 e. The van der Waals surface area contributed by atoms with Crippen LogP contribution in [-0.4, -0.2) is 0 Å². The standard InChI is InChI=1S/C57H38O/c1-57(2)49-27-14-24-39(54(49)55-38-16-4-3-15-35(38)33-34-50(55)57)36-29-31-37(32-30-36)52-43-20-7-9-22-45(43)53(46-23-10-8-21-44(46)52)42-19-6-5-17-40(42)47-25-13-26-48-41-18-11-12-28-51(41)58-56(47)48/h3-34H,1-2H3. The van der Waals surface area contributed by atoms with Gasteiger partial charge in [-0.3, -0.25) is 0 Å². The molecule has 1 aliphatic rings. The van der Waals surface area contributed by atoms with E-state index in [1.807, 2.05) is 6.07 Å². The van der Waals surface area contributed by atoms with Crippen molar-refractivity contribution in [3.05, 3.63) is 205 Å². The van der Waals surface area contributed by atoms with Crippen LogP contribution in [0.5, 0.6) is 0 Å². The van der Waals surface area contributed by atoms with Crippen LogP contribution in [0.4, 0.5) is 0 Å². The van der Waals surface area contributed by atoms with Gasteiger partial charge in [0.15, 0.2) is 0 Å². The summed E-state index contributed by atoms with van der Waals surface area (Å²) in [5.74, 6) is 0. The van der Waals surface area contributed by atoms with Crippen LogP contribution in [0.3, 0.4) is 0 Å². The molecule has 12 rings (SSSR count). The van der Waals surface area contributed by atoms with Gasteiger partial charge in [-0.1, -0.05) is 202 Å². The quantitative estimate of drug-likeness (QED) is 0.164. The molecule has 0 radical (unpaired) electrons. The minimum absolute atomic E-state index is 0.0819. The summed E-state index contributed by atoms with van der Waals surface area (Å²) in [5, 5.41) is 9.83. The van der Waals surface area contributed by atoms with Gasteiger partial charge in [-0.2, -0.15) is 0 Å². The van der Waals surface area contributed by atoms with Gasteiger partial charge in [-0.25, -0.2) is 0 Å². The number of benzene rings is 10. The van der Waals surface area contributed by atoms with Crippen molar-refractivity contribution >= 4 is 54.3 Å². The average Bonchev–Trinajstić information content (AvgIpc) is 3.78. The number of para-hydroxylation sites is 2. The van der Waals surface area contributed by atoms with Gasteiger partial charge in [0.1, 0.15) is 11.2 Å². The monoisotopic (exact) mass is 738 g/mol. The molecular weight excluding hydrogens is 701 g/mol. The third-order valence-electron chi connectivity index (χ3n) is 12.9. The van der Waals surface area contributed by atoms with E-state index in [2.05, 4.69) is 202 Å². The molecule has 10 aromatic carbocycles. The second-order valence-electron chi connectivity index (χ2n) is 16.3. The van der Waals surface area contributed by atoms with E-state index >= 15 is 0 Å². The Balaban J connectivity index is 1.05. The summed E-state index contributed by atoms with van der Waals surface area (Å²) in [4.78, 5) is 0. The van der Waals surface area contributed by atoms with E-state index in [0.717, 1.165) is 33.1 Å². The van der Waals surface area contributed by atoms with E-state index in [1.165, 1.54) is 88.0 Å². The summed E-state index contributed by atoms with van der Waals surface area (Å²) in [7, 11) is 0. The van der Waals surface area contributed by atoms with E-state index in [4.69, 9.17) is 4.42 Å². The first-order valence-electron chi connectivity index (χ1n) is 20.3. The highest BCUT2D eigenvalue weighted by molar-refractivity contribution is 6.23. The van der Waals surface area contributed by atoms with Crippen molar-refractivity contribution in [3.63, 3.8) is 0 Å². The molecule has 0 bridgehead atoms. The SMILES string of the molecule is CC1(C)c2cccc(-c3ccc(-c4c5ccccc5c(-c5ccccc5-c5cccc6c5oc5ccccc56)c5ccccc45)cc3)c2-c2c1ccc1ccccc21. The number of hydrogen-bond acceptors (Lipinski definition) is 1. The second-order valence-corrected chi connectivity index (χ2v) is 16.3. The van der Waals surface area contributed by atoms with Crippen molar-refractivity contribution in [1.29, 1.82) is 0 Å². The van der Waals surface area contributed by atoms with Gasteiger partial charge < -0.3 is 4.42 Å². The maximum Gasteiger partial charge on any atom is 0.143 e. The maximum absolute atomic E-state index is 6.59. The number of hydrogen-bond donors (Lipinski definition) is 0. The zero-order valence-corrected chi connectivity index (χ0v) is 32.4. The largest absolute Gasteiger partial charge is 0.455 e. The third-order valence-corrected chi connectivity index (χ3v) is 12.9. The maximum atomic E-state index is 6.59. The van der Waals surface area contributed by atoms with Crippen LogP contribution >= 0.6 is 0 Å². The Bertz CT molecular complexity index is 3410. The lowest BCUT2D eigenvalue weighted by Crippen LogP contribution is -2.14. The molecule has 58 heavy (non-hydrogen) atoms. The van der Waals surface area contributed by atoms with Crippen LogP contribution in [0, 0.1) is 0 Å². The number of rotatable bonds is 4. The van der Waals surface area contributed by atoms with Gasteiger partial charge >= 0.3 is 0 Å². The Hall–Kier alpha value is -7.22. The Morgan fingerprint density at radius 2 is 0.828 bits per heavy atom. The van der Waals surface area contributed by atoms with Crippen LogP contribution in [0.15, 0.2) is 199 Å². The number of fused-ring (bicyclic) bond motifs is 10. The van der Waals surface area contributed by atoms with Crippen molar-refractivity contribution in [2.45, 2.75) is 19.3 Å². The molecule has 272 valence electrons. The Morgan fingerprint density at radius 1 is 0.310 bits per heavy atom. The molecule has 0 saturated carbocycles. The van der Waals surface area contributed by atoms with Gasteiger partial charge in [0.2, 0.25) is 0 Å². The first kappa shape index (κ1) is 33.0. The van der Waals surface area contributed by atoms with Crippen LogP contribution in [0.25, 0.3) is 110 Å². The zero-order chi connectivity index (χ0) is 38.5. The molecule has 1 aliphatic carbocycles. The normalized spacial score (nSPS) is 13.1. The highest BCUT2D eigenvalue weighted by atomic mass is 16.3. The van der Waals surface area contributed by atoms with Gasteiger partial charge in [0, 0.05) is 21.8 Å². The first-order chi connectivity index (χ1) is 28.6. The van der Waals surface area contributed by atoms with Crippen LogP contribution in [0.2, 0.25) is 0 Å². The highest BCUT2D eigenvalue weighted by Gasteiger charge is 2.37. The van der Waals surface area contributed by atoms with E-state index in [9.17, 15) is 0 Å². The second kappa shape index (κ2) is 12.4. The zero-order valence-electron chi connectivity index (χ0n) is 32.4. The summed E-state index contributed by atoms with van der Waals surface area (Å²) in [6, 6.07) is 71.3. The van der Waals surface area contributed by atoms with Crippen LogP contribution in [0.1, 0.15) is 25.0 Å². The topological polar surface area (TPSA) is 13.1 Å². The highest BCUT2D eigenvalue weighted by Crippen LogP contribution is 2.55. The van der Waals surface area contributed by atoms with Gasteiger partial charge in [-0.15, -0.1) is 0 Å². The molecule has 11 aromatic rings. The van der Waals surface area contributed by atoms with Crippen LogP contribution in [-0.2, 0) is 5.41 Å². The molecule has 1 nitrogen and oxygen atoms in total. The molecule has 0 amide bonds. The lowest BCUT2D eigenvalue weighted by atomic mass is 9.81. The molecule has 0 atom stereocenters. The Kier molecular flexibility index (Phi) is 7.04. The Morgan fingerprint density at radius 3 is 1.57 bits per heavy atom. The first-order valence-corrected chi connectivity index (χ1v) is 20.3. The fourth-order valence-corrected chi connectivity index (χ4v) is 10.2. The lowest BCUT2D eigenvalue weighted by molar-refractivity contribution is 0.661. The lowest BCUT2D eigenvalue weighted by Gasteiger charge is -2.22. The molecular formula is C57H38O. The van der Waals surface area contributed by atoms with Crippen molar-refractivity contribution in [1.82, 2.24) is 0 Å². The van der Waals surface area contributed by atoms with Crippen molar-refractivity contribution in [2.75, 3.05) is 0 Å². The fraction of sp³-hybridized carbons (Fsp3) is 0.0526. The summed E-state index contributed by atoms with van der Waals surface area (Å²) < 4.78 is 6.59. The van der Waals surface area contributed by atoms with Crippen molar-refractivity contribution in [2.24, 2.45) is 0 Å². The molecule has 0 spiro atoms. The van der Waals surface area contributed by atoms with Gasteiger partial charge in [-0.05, 0) is 99.6 Å². The molecule has 1 heterocycles. The molecule has 0 fully saturated rings. The van der Waals surface area contributed by atoms with Crippen molar-refractivity contribution in [3.8, 4) is 55.6 Å². The third kappa shape index (κ3) is 4.65. The summed E-state index contributed by atoms with van der Waals surface area (Å²) >= 11 is 0. The number of furan rings is 1. The van der Waals surface area contributed by atoms with Crippen molar-refractivity contribution < 1.29 is 4.42 Å². The van der Waals surface area contributed by atoms with E-state index in [0.29, 0.717) is 0 Å². The summed E-state index contributed by atoms with van der Waals surface area (Å²) in [5.41, 5.74) is 17.0.